The van der Waals surface area contributed by atoms with Crippen molar-refractivity contribution in [1.82, 2.24) is 14.6 Å². The first-order valence-corrected chi connectivity index (χ1v) is 10.7. The van der Waals surface area contributed by atoms with Crippen LogP contribution < -0.4 is 9.80 Å². The molecule has 0 aromatic carbocycles. The van der Waals surface area contributed by atoms with Gasteiger partial charge in [-0.3, -0.25) is 4.79 Å². The molecule has 8 nitrogen and oxygen atoms in total. The number of anilines is 2. The maximum atomic E-state index is 11.2. The fraction of sp³-hybridized carbons (Fsp3) is 0.391. The maximum absolute atomic E-state index is 11.2. The lowest BCUT2D eigenvalue weighted by atomic mass is 9.97. The number of hydrogen-bond acceptors (Lipinski definition) is 6. The van der Waals surface area contributed by atoms with Gasteiger partial charge in [0.1, 0.15) is 11.9 Å². The molecule has 0 saturated carbocycles. The predicted molar refractivity (Wildman–Crippen MR) is 117 cm³/mol. The normalized spacial score (nSPS) is 17.3. The molecule has 5 rings (SSSR count). The summed E-state index contributed by atoms with van der Waals surface area (Å²) < 4.78 is 1.80. The quantitative estimate of drug-likeness (QED) is 0.697. The fourth-order valence-corrected chi connectivity index (χ4v) is 4.65. The summed E-state index contributed by atoms with van der Waals surface area (Å²) in [7, 11) is 0. The minimum atomic E-state index is -0.709. The van der Waals surface area contributed by atoms with Crippen LogP contribution in [0.25, 0.3) is 16.6 Å². The van der Waals surface area contributed by atoms with Crippen molar-refractivity contribution in [3.63, 3.8) is 0 Å². The van der Waals surface area contributed by atoms with E-state index in [1.807, 2.05) is 24.5 Å². The van der Waals surface area contributed by atoms with Gasteiger partial charge >= 0.3 is 5.97 Å². The molecular weight excluding hydrogens is 392 g/mol. The summed E-state index contributed by atoms with van der Waals surface area (Å²) in [5.74, 6) is -0.115. The monoisotopic (exact) mass is 416 g/mol. The Balaban J connectivity index is 1.48. The van der Waals surface area contributed by atoms with Gasteiger partial charge in [-0.15, -0.1) is 0 Å². The van der Waals surface area contributed by atoms with Crippen molar-refractivity contribution < 1.29 is 9.90 Å². The summed E-state index contributed by atoms with van der Waals surface area (Å²) in [6.07, 6.45) is 9.10. The van der Waals surface area contributed by atoms with E-state index >= 15 is 0 Å². The molecule has 8 heteroatoms. The van der Waals surface area contributed by atoms with Gasteiger partial charge in [-0.05, 0) is 43.9 Å². The number of aliphatic carboxylic acids is 1. The third kappa shape index (κ3) is 3.56. The van der Waals surface area contributed by atoms with Gasteiger partial charge < -0.3 is 14.9 Å². The number of nitrogens with zero attached hydrogens (tertiary/aromatic N) is 6. The van der Waals surface area contributed by atoms with Crippen LogP contribution in [0.2, 0.25) is 0 Å². The first kappa shape index (κ1) is 19.4. The van der Waals surface area contributed by atoms with Crippen LogP contribution >= 0.6 is 0 Å². The smallest absolute Gasteiger partial charge is 0.306 e. The molecule has 0 unspecified atom stereocenters. The Bertz CT molecular complexity index is 1150. The zero-order chi connectivity index (χ0) is 21.4. The Morgan fingerprint density at radius 3 is 2.52 bits per heavy atom. The number of pyridine rings is 2. The van der Waals surface area contributed by atoms with E-state index in [4.69, 9.17) is 0 Å². The number of nitriles is 1. The molecule has 1 N–H and O–H groups in total. The molecule has 2 fully saturated rings. The van der Waals surface area contributed by atoms with Crippen molar-refractivity contribution in [2.45, 2.75) is 25.7 Å². The van der Waals surface area contributed by atoms with Crippen LogP contribution in [-0.2, 0) is 4.79 Å². The minimum Gasteiger partial charge on any atom is -0.481 e. The summed E-state index contributed by atoms with van der Waals surface area (Å²) in [6, 6.07) is 8.40. The summed E-state index contributed by atoms with van der Waals surface area (Å²) in [4.78, 5) is 20.4. The lowest BCUT2D eigenvalue weighted by molar-refractivity contribution is -0.142. The van der Waals surface area contributed by atoms with Gasteiger partial charge in [-0.25, -0.2) is 9.50 Å². The van der Waals surface area contributed by atoms with E-state index in [1.165, 1.54) is 12.8 Å². The second-order valence-corrected chi connectivity index (χ2v) is 8.27. The Kier molecular flexibility index (Phi) is 4.94. The van der Waals surface area contributed by atoms with Crippen molar-refractivity contribution in [2.75, 3.05) is 36.0 Å². The van der Waals surface area contributed by atoms with Crippen molar-refractivity contribution in [2.24, 2.45) is 5.92 Å². The molecule has 2 saturated heterocycles. The van der Waals surface area contributed by atoms with E-state index in [0.29, 0.717) is 31.5 Å². The zero-order valence-electron chi connectivity index (χ0n) is 17.2. The lowest BCUT2D eigenvalue weighted by Crippen LogP contribution is -2.36. The third-order valence-electron chi connectivity index (χ3n) is 6.42. The third-order valence-corrected chi connectivity index (χ3v) is 6.42. The zero-order valence-corrected chi connectivity index (χ0v) is 17.2. The number of carboxylic acid groups (broad SMARTS) is 1. The first-order chi connectivity index (χ1) is 15.1. The summed E-state index contributed by atoms with van der Waals surface area (Å²) in [5, 5.41) is 23.2. The van der Waals surface area contributed by atoms with Crippen LogP contribution in [0.1, 0.15) is 31.2 Å². The highest BCUT2D eigenvalue weighted by Crippen LogP contribution is 2.33. The van der Waals surface area contributed by atoms with E-state index in [9.17, 15) is 15.2 Å². The standard InChI is InChI=1S/C23H24N6O2/c24-12-18-14-26-29-15-19(27-7-1-2-8-27)11-20(22(18)29)17-3-4-21(25-13-17)28-9-5-16(6-10-28)23(30)31/h3-4,11,13-16H,1-2,5-10H2,(H,30,31). The van der Waals surface area contributed by atoms with E-state index in [0.717, 1.165) is 41.2 Å². The largest absolute Gasteiger partial charge is 0.481 e. The molecule has 0 bridgehead atoms. The van der Waals surface area contributed by atoms with Gasteiger partial charge in [0.25, 0.3) is 0 Å². The number of piperidine rings is 1. The van der Waals surface area contributed by atoms with Gasteiger partial charge in [0.2, 0.25) is 0 Å². The molecule has 158 valence electrons. The average molecular weight is 416 g/mol. The highest BCUT2D eigenvalue weighted by atomic mass is 16.4. The number of aromatic nitrogens is 3. The molecule has 5 heterocycles. The SMILES string of the molecule is N#Cc1cnn2cc(N3CCCC3)cc(-c3ccc(N4CCC(C(=O)O)CC4)nc3)c12. The van der Waals surface area contributed by atoms with Crippen molar-refractivity contribution in [3.05, 3.63) is 42.4 Å². The molecule has 3 aromatic rings. The van der Waals surface area contributed by atoms with Crippen molar-refractivity contribution in [3.8, 4) is 17.2 Å². The van der Waals surface area contributed by atoms with Gasteiger partial charge in [-0.1, -0.05) is 0 Å². The van der Waals surface area contributed by atoms with E-state index in [2.05, 4.69) is 32.0 Å². The van der Waals surface area contributed by atoms with E-state index in [-0.39, 0.29) is 5.92 Å². The maximum Gasteiger partial charge on any atom is 0.306 e. The van der Waals surface area contributed by atoms with Crippen LogP contribution in [0.15, 0.2) is 36.8 Å². The molecule has 0 radical (unpaired) electrons. The Hall–Kier alpha value is -3.60. The number of rotatable bonds is 4. The summed E-state index contributed by atoms with van der Waals surface area (Å²) in [5.41, 5.74) is 4.33. The molecule has 31 heavy (non-hydrogen) atoms. The molecule has 3 aromatic heterocycles. The Morgan fingerprint density at radius 2 is 1.87 bits per heavy atom. The second kappa shape index (κ2) is 7.91. The van der Waals surface area contributed by atoms with Crippen LogP contribution in [0, 0.1) is 17.2 Å². The molecule has 0 atom stereocenters. The lowest BCUT2D eigenvalue weighted by Gasteiger charge is -2.31. The van der Waals surface area contributed by atoms with Crippen molar-refractivity contribution in [1.29, 1.82) is 5.26 Å². The van der Waals surface area contributed by atoms with Gasteiger partial charge in [0, 0.05) is 43.5 Å². The molecule has 0 aliphatic carbocycles. The van der Waals surface area contributed by atoms with Crippen molar-refractivity contribution >= 4 is 23.0 Å². The fourth-order valence-electron chi connectivity index (χ4n) is 4.65. The molecule has 2 aliphatic heterocycles. The minimum absolute atomic E-state index is 0.261. The van der Waals surface area contributed by atoms with Crippen LogP contribution in [-0.4, -0.2) is 51.9 Å². The predicted octanol–water partition coefficient (Wildman–Crippen LogP) is 3.17. The summed E-state index contributed by atoms with van der Waals surface area (Å²) >= 11 is 0. The number of fused-ring (bicyclic) bond motifs is 1. The Labute approximate surface area is 180 Å². The molecular formula is C23H24N6O2. The van der Waals surface area contributed by atoms with E-state index < -0.39 is 5.97 Å². The summed E-state index contributed by atoms with van der Waals surface area (Å²) in [6.45, 7) is 3.44. The number of carboxylic acids is 1. The van der Waals surface area contributed by atoms with E-state index in [1.54, 1.807) is 10.7 Å². The highest BCUT2D eigenvalue weighted by Gasteiger charge is 2.25. The molecule has 0 amide bonds. The van der Waals surface area contributed by atoms with Gasteiger partial charge in [0.15, 0.2) is 0 Å². The highest BCUT2D eigenvalue weighted by molar-refractivity contribution is 5.86. The molecule has 0 spiro atoms. The van der Waals surface area contributed by atoms with Crippen LogP contribution in [0.3, 0.4) is 0 Å². The molecule has 2 aliphatic rings. The Morgan fingerprint density at radius 1 is 1.10 bits per heavy atom. The van der Waals surface area contributed by atoms with Gasteiger partial charge in [-0.2, -0.15) is 10.4 Å². The van der Waals surface area contributed by atoms with Gasteiger partial charge in [0.05, 0.1) is 35.1 Å². The topological polar surface area (TPSA) is 97.8 Å². The second-order valence-electron chi connectivity index (χ2n) is 8.27. The van der Waals surface area contributed by atoms with Crippen LogP contribution in [0.5, 0.6) is 0 Å². The number of hydrogen-bond donors (Lipinski definition) is 1. The number of carbonyl (C=O) groups is 1. The average Bonchev–Trinajstić information content (AvgIpc) is 3.48. The van der Waals surface area contributed by atoms with Crippen LogP contribution in [0.4, 0.5) is 11.5 Å². The first-order valence-electron chi connectivity index (χ1n) is 10.7.